The van der Waals surface area contributed by atoms with Crippen LogP contribution in [0.15, 0.2) is 65.4 Å². The van der Waals surface area contributed by atoms with E-state index in [0.717, 1.165) is 27.9 Å². The van der Waals surface area contributed by atoms with E-state index in [4.69, 9.17) is 9.15 Å². The molecule has 0 aliphatic heterocycles. The summed E-state index contributed by atoms with van der Waals surface area (Å²) in [6, 6.07) is 16.7. The molecule has 1 amide bonds. The Hall–Kier alpha value is -3.67. The molecule has 1 N–H and O–H groups in total. The largest absolute Gasteiger partial charge is 0.497 e. The molecule has 6 heteroatoms. The van der Waals surface area contributed by atoms with Gasteiger partial charge < -0.3 is 14.5 Å². The Bertz CT molecular complexity index is 1120. The van der Waals surface area contributed by atoms with Gasteiger partial charge in [-0.05, 0) is 55.5 Å². The average molecular weight is 359 g/mol. The molecule has 0 aliphatic rings. The second-order valence-electron chi connectivity index (χ2n) is 6.07. The summed E-state index contributed by atoms with van der Waals surface area (Å²) in [5.41, 5.74) is 3.47. The number of carbonyl (C=O) groups excluding carboxylic acids is 1. The van der Waals surface area contributed by atoms with Crippen LogP contribution in [0.4, 0.5) is 5.69 Å². The number of nitrogens with one attached hydrogen (secondary N) is 1. The van der Waals surface area contributed by atoms with E-state index in [1.165, 1.54) is 6.39 Å². The molecule has 2 aromatic heterocycles. The Morgan fingerprint density at radius 2 is 1.89 bits per heavy atom. The molecule has 0 atom stereocenters. The number of carbonyl (C=O) groups is 1. The first-order valence-corrected chi connectivity index (χ1v) is 8.41. The number of aryl methyl sites for hydroxylation is 1. The third-order valence-electron chi connectivity index (χ3n) is 4.22. The molecule has 134 valence electrons. The van der Waals surface area contributed by atoms with Crippen molar-refractivity contribution >= 4 is 22.5 Å². The van der Waals surface area contributed by atoms with Crippen LogP contribution in [0.25, 0.3) is 22.2 Å². The van der Waals surface area contributed by atoms with Crippen LogP contribution in [0.2, 0.25) is 0 Å². The molecular weight excluding hydrogens is 342 g/mol. The van der Waals surface area contributed by atoms with Crippen LogP contribution in [-0.2, 0) is 0 Å². The molecule has 2 heterocycles. The van der Waals surface area contributed by atoms with Crippen molar-refractivity contribution in [2.24, 2.45) is 0 Å². The summed E-state index contributed by atoms with van der Waals surface area (Å²) >= 11 is 0. The molecule has 27 heavy (non-hydrogen) atoms. The van der Waals surface area contributed by atoms with Crippen molar-refractivity contribution < 1.29 is 13.9 Å². The first-order chi connectivity index (χ1) is 13.1. The first kappa shape index (κ1) is 16.8. The summed E-state index contributed by atoms with van der Waals surface area (Å²) in [4.78, 5) is 21.3. The van der Waals surface area contributed by atoms with Crippen molar-refractivity contribution in [3.8, 4) is 17.1 Å². The molecule has 0 aliphatic carbocycles. The van der Waals surface area contributed by atoms with Gasteiger partial charge in [0.2, 0.25) is 0 Å². The van der Waals surface area contributed by atoms with Gasteiger partial charge in [-0.2, -0.15) is 0 Å². The lowest BCUT2D eigenvalue weighted by Crippen LogP contribution is -2.13. The van der Waals surface area contributed by atoms with Crippen LogP contribution >= 0.6 is 0 Å². The monoisotopic (exact) mass is 359 g/mol. The van der Waals surface area contributed by atoms with Gasteiger partial charge in [-0.1, -0.05) is 6.07 Å². The highest BCUT2D eigenvalue weighted by atomic mass is 16.5. The smallest absolute Gasteiger partial charge is 0.278 e. The summed E-state index contributed by atoms with van der Waals surface area (Å²) < 4.78 is 10.6. The van der Waals surface area contributed by atoms with Gasteiger partial charge in [0, 0.05) is 22.3 Å². The lowest BCUT2D eigenvalue weighted by atomic mass is 10.1. The SMILES string of the molecule is COc1ccc(-c2ocnc2C(=O)Nc2ccc3nc(C)ccc3c2)cc1. The number of aromatic nitrogens is 2. The Balaban J connectivity index is 1.60. The lowest BCUT2D eigenvalue weighted by Gasteiger charge is -2.07. The maximum Gasteiger partial charge on any atom is 0.278 e. The molecule has 6 nitrogen and oxygen atoms in total. The molecule has 4 aromatic rings. The van der Waals surface area contributed by atoms with E-state index in [9.17, 15) is 4.79 Å². The highest BCUT2D eigenvalue weighted by Crippen LogP contribution is 2.26. The first-order valence-electron chi connectivity index (χ1n) is 8.41. The third-order valence-corrected chi connectivity index (χ3v) is 4.22. The summed E-state index contributed by atoms with van der Waals surface area (Å²) in [6.45, 7) is 1.94. The quantitative estimate of drug-likeness (QED) is 0.582. The summed E-state index contributed by atoms with van der Waals surface area (Å²) in [5.74, 6) is 0.798. The van der Waals surface area contributed by atoms with Crippen LogP contribution in [0.5, 0.6) is 5.75 Å². The maximum absolute atomic E-state index is 12.7. The van der Waals surface area contributed by atoms with Gasteiger partial charge in [-0.15, -0.1) is 0 Å². The Labute approximate surface area is 155 Å². The number of rotatable bonds is 4. The molecule has 0 saturated heterocycles. The number of benzene rings is 2. The minimum absolute atomic E-state index is 0.224. The molecular formula is C21H17N3O3. The van der Waals surface area contributed by atoms with Gasteiger partial charge in [0.15, 0.2) is 17.8 Å². The van der Waals surface area contributed by atoms with Crippen molar-refractivity contribution in [1.82, 2.24) is 9.97 Å². The van der Waals surface area contributed by atoms with Crippen LogP contribution in [0.3, 0.4) is 0 Å². The molecule has 0 spiro atoms. The number of oxazole rings is 1. The second kappa shape index (κ2) is 6.92. The van der Waals surface area contributed by atoms with Gasteiger partial charge in [0.1, 0.15) is 5.75 Å². The molecule has 0 radical (unpaired) electrons. The molecule has 0 bridgehead atoms. The summed E-state index contributed by atoms with van der Waals surface area (Å²) in [5, 5.41) is 3.82. The number of methoxy groups -OCH3 is 1. The zero-order chi connectivity index (χ0) is 18.8. The third kappa shape index (κ3) is 3.37. The number of hydrogen-bond donors (Lipinski definition) is 1. The fraction of sp³-hybridized carbons (Fsp3) is 0.0952. The summed E-state index contributed by atoms with van der Waals surface area (Å²) in [7, 11) is 1.60. The van der Waals surface area contributed by atoms with Crippen molar-refractivity contribution in [1.29, 1.82) is 0 Å². The van der Waals surface area contributed by atoms with Crippen LogP contribution in [-0.4, -0.2) is 23.0 Å². The molecule has 0 saturated carbocycles. The van der Waals surface area contributed by atoms with E-state index in [-0.39, 0.29) is 11.6 Å². The Morgan fingerprint density at radius 3 is 2.67 bits per heavy atom. The second-order valence-corrected chi connectivity index (χ2v) is 6.07. The predicted molar refractivity (Wildman–Crippen MR) is 103 cm³/mol. The van der Waals surface area contributed by atoms with Crippen molar-refractivity contribution in [2.45, 2.75) is 6.92 Å². The van der Waals surface area contributed by atoms with Gasteiger partial charge in [-0.25, -0.2) is 4.98 Å². The van der Waals surface area contributed by atoms with Gasteiger partial charge >= 0.3 is 0 Å². The number of fused-ring (bicyclic) bond motifs is 1. The average Bonchev–Trinajstić information content (AvgIpc) is 3.18. The number of nitrogens with zero attached hydrogens (tertiary/aromatic N) is 2. The van der Waals surface area contributed by atoms with Crippen LogP contribution in [0, 0.1) is 6.92 Å². The fourth-order valence-corrected chi connectivity index (χ4v) is 2.85. The zero-order valence-electron chi connectivity index (χ0n) is 14.9. The molecule has 0 unspecified atom stereocenters. The summed E-state index contributed by atoms with van der Waals surface area (Å²) in [6.07, 6.45) is 1.27. The zero-order valence-corrected chi connectivity index (χ0v) is 14.9. The minimum Gasteiger partial charge on any atom is -0.497 e. The Morgan fingerprint density at radius 1 is 1.07 bits per heavy atom. The molecule has 4 rings (SSSR count). The maximum atomic E-state index is 12.7. The van der Waals surface area contributed by atoms with Crippen molar-refractivity contribution in [2.75, 3.05) is 12.4 Å². The van der Waals surface area contributed by atoms with Crippen LogP contribution < -0.4 is 10.1 Å². The number of hydrogen-bond acceptors (Lipinski definition) is 5. The van der Waals surface area contributed by atoms with E-state index < -0.39 is 0 Å². The van der Waals surface area contributed by atoms with E-state index >= 15 is 0 Å². The lowest BCUT2D eigenvalue weighted by molar-refractivity contribution is 0.102. The number of pyridine rings is 1. The van der Waals surface area contributed by atoms with Crippen molar-refractivity contribution in [3.63, 3.8) is 0 Å². The predicted octanol–water partition coefficient (Wildman–Crippen LogP) is 4.46. The van der Waals surface area contributed by atoms with E-state index in [2.05, 4.69) is 15.3 Å². The molecule has 0 fully saturated rings. The van der Waals surface area contributed by atoms with Gasteiger partial charge in [-0.3, -0.25) is 9.78 Å². The van der Waals surface area contributed by atoms with Crippen LogP contribution in [0.1, 0.15) is 16.2 Å². The Kier molecular flexibility index (Phi) is 4.30. The van der Waals surface area contributed by atoms with Gasteiger partial charge in [0.05, 0.1) is 12.6 Å². The number of ether oxygens (including phenoxy) is 1. The van der Waals surface area contributed by atoms with Crippen molar-refractivity contribution in [3.05, 3.63) is 72.4 Å². The number of anilines is 1. The number of amides is 1. The highest BCUT2D eigenvalue weighted by molar-refractivity contribution is 6.07. The van der Waals surface area contributed by atoms with E-state index in [1.807, 2.05) is 49.4 Å². The molecule has 2 aromatic carbocycles. The topological polar surface area (TPSA) is 77.2 Å². The standard InChI is InChI=1S/C21H17N3O3/c1-13-3-4-15-11-16(7-10-18(15)23-13)24-21(25)19-20(27-12-22-19)14-5-8-17(26-2)9-6-14/h3-12H,1-2H3,(H,24,25). The minimum atomic E-state index is -0.339. The normalized spacial score (nSPS) is 10.7. The van der Waals surface area contributed by atoms with E-state index in [0.29, 0.717) is 11.4 Å². The van der Waals surface area contributed by atoms with E-state index in [1.54, 1.807) is 19.2 Å². The van der Waals surface area contributed by atoms with Gasteiger partial charge in [0.25, 0.3) is 5.91 Å². The highest BCUT2D eigenvalue weighted by Gasteiger charge is 2.18. The fourth-order valence-electron chi connectivity index (χ4n) is 2.85.